The van der Waals surface area contributed by atoms with Gasteiger partial charge in [-0.3, -0.25) is 14.9 Å². The monoisotopic (exact) mass is 598 g/mol. The Morgan fingerprint density at radius 1 is 1.30 bits per heavy atom. The molecule has 0 aliphatic carbocycles. The number of β-lactam (4-membered cyclic amide) rings is 1. The van der Waals surface area contributed by atoms with E-state index in [-0.39, 0.29) is 42.2 Å². The van der Waals surface area contributed by atoms with Gasteiger partial charge >= 0.3 is 12.1 Å². The van der Waals surface area contributed by atoms with Gasteiger partial charge in [0.05, 0.1) is 29.2 Å². The Kier molecular flexibility index (Phi) is 8.44. The van der Waals surface area contributed by atoms with Crippen LogP contribution < -0.4 is 4.72 Å². The molecule has 218 valence electrons. The van der Waals surface area contributed by atoms with E-state index in [2.05, 4.69) is 4.72 Å². The SMILES string of the molecule is C[C@@H](O)[C@H]1C(=O)N2C(C(=O)O)=C(S[C@H]3C[C@@H](CNS(C)(=O)=O)N(C(=O)OCc4ccc([N+](=O)[O-])cc4)C3)[C@H](C)[C@H]12. The Bertz CT molecular complexity index is 1350. The summed E-state index contributed by atoms with van der Waals surface area (Å²) in [6.45, 7) is 3.17. The molecule has 0 unspecified atom stereocenters. The Morgan fingerprint density at radius 2 is 1.95 bits per heavy atom. The normalized spacial score (nSPS) is 26.9. The van der Waals surface area contributed by atoms with E-state index in [4.69, 9.17) is 4.74 Å². The average Bonchev–Trinajstić information content (AvgIpc) is 3.38. The number of hydrogen-bond acceptors (Lipinski definition) is 10. The van der Waals surface area contributed by atoms with Gasteiger partial charge in [-0.25, -0.2) is 22.7 Å². The first kappa shape index (κ1) is 29.8. The van der Waals surface area contributed by atoms with E-state index in [9.17, 15) is 43.1 Å². The summed E-state index contributed by atoms with van der Waals surface area (Å²) in [7, 11) is -3.57. The highest BCUT2D eigenvalue weighted by molar-refractivity contribution is 8.03. The summed E-state index contributed by atoms with van der Waals surface area (Å²) >= 11 is 1.23. The Balaban J connectivity index is 1.49. The van der Waals surface area contributed by atoms with Crippen molar-refractivity contribution in [1.82, 2.24) is 14.5 Å². The van der Waals surface area contributed by atoms with Crippen molar-refractivity contribution in [2.45, 2.75) is 50.3 Å². The number of nitrogens with zero attached hydrogens (tertiary/aromatic N) is 3. The van der Waals surface area contributed by atoms with Gasteiger partial charge in [-0.2, -0.15) is 0 Å². The summed E-state index contributed by atoms with van der Waals surface area (Å²) in [6, 6.07) is 4.43. The third-order valence-corrected chi connectivity index (χ3v) is 9.49. The van der Waals surface area contributed by atoms with Gasteiger partial charge in [-0.1, -0.05) is 6.92 Å². The van der Waals surface area contributed by atoms with Crippen molar-refractivity contribution in [2.24, 2.45) is 11.8 Å². The van der Waals surface area contributed by atoms with E-state index in [1.807, 2.05) is 0 Å². The van der Waals surface area contributed by atoms with Crippen molar-refractivity contribution in [3.05, 3.63) is 50.5 Å². The lowest BCUT2D eigenvalue weighted by atomic mass is 9.79. The number of sulfonamides is 1. The molecule has 40 heavy (non-hydrogen) atoms. The Morgan fingerprint density at radius 3 is 2.50 bits per heavy atom. The Hall–Kier alpha value is -3.21. The molecule has 1 aromatic rings. The number of carboxylic acids is 1. The fourth-order valence-electron chi connectivity index (χ4n) is 5.42. The number of carbonyl (C=O) groups excluding carboxylic acids is 2. The third kappa shape index (κ3) is 5.94. The van der Waals surface area contributed by atoms with Crippen LogP contribution in [0.4, 0.5) is 10.5 Å². The lowest BCUT2D eigenvalue weighted by Gasteiger charge is -2.46. The van der Waals surface area contributed by atoms with Gasteiger partial charge in [-0.15, -0.1) is 11.8 Å². The van der Waals surface area contributed by atoms with E-state index in [0.717, 1.165) is 6.26 Å². The number of aliphatic hydroxyl groups excluding tert-OH is 1. The minimum absolute atomic E-state index is 0.0831. The molecule has 0 saturated carbocycles. The number of carbonyl (C=O) groups is 3. The second-order valence-electron chi connectivity index (χ2n) is 10.2. The average molecular weight is 599 g/mol. The fraction of sp³-hybridized carbons (Fsp3) is 0.542. The molecule has 0 bridgehead atoms. The molecule has 0 aromatic heterocycles. The molecule has 0 radical (unpaired) electrons. The number of non-ortho nitro benzene ring substituents is 1. The molecule has 14 nitrogen and oxygen atoms in total. The molecule has 2 fully saturated rings. The highest BCUT2D eigenvalue weighted by atomic mass is 32.2. The summed E-state index contributed by atoms with van der Waals surface area (Å²) < 4.78 is 31.3. The van der Waals surface area contributed by atoms with Crippen molar-refractivity contribution in [2.75, 3.05) is 19.3 Å². The van der Waals surface area contributed by atoms with Crippen LogP contribution in [0.15, 0.2) is 34.9 Å². The minimum Gasteiger partial charge on any atom is -0.477 e. The summed E-state index contributed by atoms with van der Waals surface area (Å²) in [5.74, 6) is -2.77. The summed E-state index contributed by atoms with van der Waals surface area (Å²) in [5, 5.41) is 30.5. The van der Waals surface area contributed by atoms with Crippen LogP contribution in [0.1, 0.15) is 25.8 Å². The largest absolute Gasteiger partial charge is 0.477 e. The number of benzene rings is 1. The van der Waals surface area contributed by atoms with Crippen LogP contribution in [0.5, 0.6) is 0 Å². The first-order valence-corrected chi connectivity index (χ1v) is 15.2. The topological polar surface area (TPSA) is 197 Å². The lowest BCUT2D eigenvalue weighted by Crippen LogP contribution is -2.63. The quantitative estimate of drug-likeness (QED) is 0.198. The van der Waals surface area contributed by atoms with Crippen LogP contribution >= 0.6 is 11.8 Å². The second kappa shape index (κ2) is 11.3. The molecule has 3 N–H and O–H groups in total. The van der Waals surface area contributed by atoms with E-state index in [1.165, 1.54) is 52.8 Å². The number of amides is 2. The highest BCUT2D eigenvalue weighted by Crippen LogP contribution is 2.52. The fourth-order valence-corrected chi connectivity index (χ4v) is 7.48. The number of fused-ring (bicyclic) bond motifs is 1. The molecule has 3 aliphatic heterocycles. The number of thioether (sulfide) groups is 1. The van der Waals surface area contributed by atoms with Crippen LogP contribution in [-0.2, 0) is 31.0 Å². The van der Waals surface area contributed by atoms with Crippen LogP contribution in [0.25, 0.3) is 0 Å². The number of nitro benzene ring substituents is 1. The molecule has 6 atom stereocenters. The second-order valence-corrected chi connectivity index (χ2v) is 13.3. The zero-order valence-corrected chi connectivity index (χ0v) is 23.6. The molecule has 0 spiro atoms. The molecule has 4 rings (SSSR count). The Labute approximate surface area is 234 Å². The number of nitro groups is 1. The molecule has 3 aliphatic rings. The summed E-state index contributed by atoms with van der Waals surface area (Å²) in [4.78, 5) is 51.2. The van der Waals surface area contributed by atoms with Crippen molar-refractivity contribution < 1.29 is 42.7 Å². The number of hydrogen-bond donors (Lipinski definition) is 3. The highest BCUT2D eigenvalue weighted by Gasteiger charge is 2.60. The van der Waals surface area contributed by atoms with Crippen molar-refractivity contribution in [3.63, 3.8) is 0 Å². The molecular weight excluding hydrogens is 568 g/mol. The van der Waals surface area contributed by atoms with Gasteiger partial charge < -0.3 is 24.7 Å². The van der Waals surface area contributed by atoms with Crippen molar-refractivity contribution in [1.29, 1.82) is 0 Å². The first-order chi connectivity index (χ1) is 18.7. The molecule has 3 heterocycles. The van der Waals surface area contributed by atoms with Gasteiger partial charge in [0.1, 0.15) is 12.3 Å². The van der Waals surface area contributed by atoms with Crippen LogP contribution in [0, 0.1) is 22.0 Å². The zero-order chi connectivity index (χ0) is 29.5. The lowest BCUT2D eigenvalue weighted by molar-refractivity contribution is -0.384. The van der Waals surface area contributed by atoms with E-state index in [0.29, 0.717) is 16.9 Å². The van der Waals surface area contributed by atoms with Gasteiger partial charge in [0.15, 0.2) is 0 Å². The van der Waals surface area contributed by atoms with E-state index in [1.54, 1.807) is 6.92 Å². The smallest absolute Gasteiger partial charge is 0.410 e. The minimum atomic E-state index is -3.57. The number of aliphatic hydroxyl groups is 1. The number of rotatable bonds is 10. The number of aliphatic carboxylic acids is 1. The molecular formula is C24H30N4O10S2. The maximum Gasteiger partial charge on any atom is 0.410 e. The number of likely N-dealkylation sites (tertiary alicyclic amines) is 1. The molecule has 16 heteroatoms. The van der Waals surface area contributed by atoms with Gasteiger partial charge in [0.2, 0.25) is 15.9 Å². The first-order valence-electron chi connectivity index (χ1n) is 12.5. The number of ether oxygens (including phenoxy) is 1. The maximum atomic E-state index is 13.0. The molecule has 2 amide bonds. The predicted octanol–water partition coefficient (Wildman–Crippen LogP) is 1.11. The maximum absolute atomic E-state index is 13.0. The van der Waals surface area contributed by atoms with Crippen LogP contribution in [0.3, 0.4) is 0 Å². The third-order valence-electron chi connectivity index (χ3n) is 7.31. The standard InChI is InChI=1S/C24H30N4O10S2/c1-12-19-18(13(2)29)22(30)27(19)20(23(31)32)21(12)39-17-8-16(9-25-40(3,36)37)26(10-17)24(33)38-11-14-4-6-15(7-5-14)28(34)35/h4-7,12-13,16-19,25,29H,8-11H2,1-3H3,(H,31,32)/t12-,13-,16+,17+,18-,19-/m1/s1. The van der Waals surface area contributed by atoms with Crippen LogP contribution in [-0.4, -0.2) is 94.1 Å². The van der Waals surface area contributed by atoms with Gasteiger partial charge in [-0.05, 0) is 31.0 Å². The van der Waals surface area contributed by atoms with Crippen LogP contribution in [0.2, 0.25) is 0 Å². The number of nitrogens with one attached hydrogen (secondary N) is 1. The molecule has 1 aromatic carbocycles. The predicted molar refractivity (Wildman–Crippen MR) is 142 cm³/mol. The van der Waals surface area contributed by atoms with Crippen molar-refractivity contribution in [3.8, 4) is 0 Å². The van der Waals surface area contributed by atoms with Gasteiger partial charge in [0, 0.05) is 47.3 Å². The van der Waals surface area contributed by atoms with Crippen molar-refractivity contribution >= 4 is 45.4 Å². The zero-order valence-electron chi connectivity index (χ0n) is 21.9. The van der Waals surface area contributed by atoms with E-state index < -0.39 is 57.0 Å². The number of carboxylic acid groups (broad SMARTS) is 1. The molecule has 2 saturated heterocycles. The summed E-state index contributed by atoms with van der Waals surface area (Å²) in [5.41, 5.74) is 0.283. The summed E-state index contributed by atoms with van der Waals surface area (Å²) in [6.07, 6.45) is -0.340. The van der Waals surface area contributed by atoms with E-state index >= 15 is 0 Å². The van der Waals surface area contributed by atoms with Gasteiger partial charge in [0.25, 0.3) is 5.69 Å².